The summed E-state index contributed by atoms with van der Waals surface area (Å²) in [6, 6.07) is 9.72. The van der Waals surface area contributed by atoms with Crippen LogP contribution in [0.5, 0.6) is 0 Å². The molecule has 19 heavy (non-hydrogen) atoms. The van der Waals surface area contributed by atoms with E-state index in [2.05, 4.69) is 54.8 Å². The van der Waals surface area contributed by atoms with Crippen molar-refractivity contribution in [1.82, 2.24) is 10.2 Å². The van der Waals surface area contributed by atoms with Crippen LogP contribution in [0, 0.1) is 5.92 Å². The first-order valence-corrected chi connectivity index (χ1v) is 8.47. The van der Waals surface area contributed by atoms with Crippen LogP contribution in [0.4, 0.5) is 0 Å². The molecule has 1 aromatic carbocycles. The van der Waals surface area contributed by atoms with Gasteiger partial charge in [-0.2, -0.15) is 0 Å². The monoisotopic (exact) mass is 278 g/mol. The molecule has 0 radical (unpaired) electrons. The van der Waals surface area contributed by atoms with Crippen LogP contribution >= 0.6 is 11.8 Å². The molecule has 2 atom stereocenters. The van der Waals surface area contributed by atoms with E-state index in [0.717, 1.165) is 12.5 Å². The minimum atomic E-state index is 0.561. The molecule has 2 rings (SSSR count). The van der Waals surface area contributed by atoms with Crippen LogP contribution in [-0.4, -0.2) is 38.3 Å². The lowest BCUT2D eigenvalue weighted by Crippen LogP contribution is -2.33. The first-order valence-electron chi connectivity index (χ1n) is 7.25. The topological polar surface area (TPSA) is 15.3 Å². The number of nitrogens with one attached hydrogen (secondary N) is 1. The third-order valence-corrected chi connectivity index (χ3v) is 4.92. The average molecular weight is 278 g/mol. The Balaban J connectivity index is 2.23. The molecule has 0 spiro atoms. The zero-order chi connectivity index (χ0) is 13.7. The molecule has 2 nitrogen and oxygen atoms in total. The predicted octanol–water partition coefficient (Wildman–Crippen LogP) is 3.40. The van der Waals surface area contributed by atoms with Crippen molar-refractivity contribution in [3.05, 3.63) is 29.8 Å². The Bertz CT molecular complexity index is 377. The molecule has 1 N–H and O–H groups in total. The number of hydrogen-bond donors (Lipinski definition) is 1. The third kappa shape index (κ3) is 3.74. The van der Waals surface area contributed by atoms with E-state index in [1.807, 2.05) is 11.8 Å². The first-order chi connectivity index (χ1) is 9.26. The molecule has 0 aliphatic carbocycles. The van der Waals surface area contributed by atoms with Crippen molar-refractivity contribution in [2.24, 2.45) is 5.92 Å². The van der Waals surface area contributed by atoms with Crippen molar-refractivity contribution in [2.75, 3.05) is 33.4 Å². The molecule has 1 saturated heterocycles. The molecule has 2 unspecified atom stereocenters. The minimum absolute atomic E-state index is 0.561. The summed E-state index contributed by atoms with van der Waals surface area (Å²) in [6.45, 7) is 2.33. The van der Waals surface area contributed by atoms with Crippen molar-refractivity contribution in [3.63, 3.8) is 0 Å². The smallest absolute Gasteiger partial charge is 0.0385 e. The van der Waals surface area contributed by atoms with Crippen LogP contribution in [0.1, 0.15) is 30.9 Å². The number of likely N-dealkylation sites (tertiary alicyclic amines) is 1. The van der Waals surface area contributed by atoms with Gasteiger partial charge in [0.25, 0.3) is 0 Å². The maximum Gasteiger partial charge on any atom is 0.0385 e. The Morgan fingerprint density at radius 3 is 2.63 bits per heavy atom. The van der Waals surface area contributed by atoms with E-state index in [1.54, 1.807) is 0 Å². The molecule has 0 aromatic heterocycles. The van der Waals surface area contributed by atoms with Crippen LogP contribution in [0.3, 0.4) is 0 Å². The summed E-state index contributed by atoms with van der Waals surface area (Å²) in [5, 5.41) is 3.38. The van der Waals surface area contributed by atoms with Crippen LogP contribution in [0.15, 0.2) is 29.2 Å². The van der Waals surface area contributed by atoms with Gasteiger partial charge in [-0.05, 0) is 69.9 Å². The Kier molecular flexibility index (Phi) is 5.74. The van der Waals surface area contributed by atoms with Gasteiger partial charge in [0.15, 0.2) is 0 Å². The minimum Gasteiger partial charge on any atom is -0.319 e. The summed E-state index contributed by atoms with van der Waals surface area (Å²) in [5.41, 5.74) is 1.47. The summed E-state index contributed by atoms with van der Waals surface area (Å²) >= 11 is 1.81. The Morgan fingerprint density at radius 2 is 2.00 bits per heavy atom. The number of nitrogens with zero attached hydrogens (tertiary/aromatic N) is 1. The van der Waals surface area contributed by atoms with Gasteiger partial charge in [0, 0.05) is 10.9 Å². The van der Waals surface area contributed by atoms with Crippen LogP contribution in [-0.2, 0) is 0 Å². The molecule has 1 aliphatic heterocycles. The van der Waals surface area contributed by atoms with Crippen molar-refractivity contribution < 1.29 is 0 Å². The van der Waals surface area contributed by atoms with Gasteiger partial charge in [0.2, 0.25) is 0 Å². The predicted molar refractivity (Wildman–Crippen MR) is 84.9 cm³/mol. The Hall–Kier alpha value is -0.510. The second kappa shape index (κ2) is 7.32. The lowest BCUT2D eigenvalue weighted by atomic mass is 9.89. The van der Waals surface area contributed by atoms with Crippen molar-refractivity contribution >= 4 is 11.8 Å². The average Bonchev–Trinajstić information content (AvgIpc) is 2.61. The fraction of sp³-hybridized carbons (Fsp3) is 0.625. The van der Waals surface area contributed by atoms with Gasteiger partial charge in [0.1, 0.15) is 0 Å². The highest BCUT2D eigenvalue weighted by Crippen LogP contribution is 2.34. The van der Waals surface area contributed by atoms with Gasteiger partial charge < -0.3 is 5.32 Å². The third-order valence-electron chi connectivity index (χ3n) is 4.18. The molecule has 0 saturated carbocycles. The highest BCUT2D eigenvalue weighted by Gasteiger charge is 2.28. The molecular formula is C16H26N2S. The van der Waals surface area contributed by atoms with Crippen LogP contribution in [0.2, 0.25) is 0 Å². The normalized spacial score (nSPS) is 25.2. The van der Waals surface area contributed by atoms with Crippen molar-refractivity contribution in [3.8, 4) is 0 Å². The fourth-order valence-electron chi connectivity index (χ4n) is 3.23. The van der Waals surface area contributed by atoms with E-state index in [9.17, 15) is 0 Å². The number of rotatable bonds is 4. The van der Waals surface area contributed by atoms with Gasteiger partial charge in [-0.15, -0.1) is 11.8 Å². The van der Waals surface area contributed by atoms with Gasteiger partial charge in [-0.1, -0.05) is 18.6 Å². The molecule has 3 heteroatoms. The van der Waals surface area contributed by atoms with Crippen LogP contribution < -0.4 is 5.32 Å². The molecule has 106 valence electrons. The summed E-state index contributed by atoms with van der Waals surface area (Å²) < 4.78 is 0. The Labute approximate surface area is 122 Å². The zero-order valence-corrected chi connectivity index (χ0v) is 13.2. The van der Waals surface area contributed by atoms with Gasteiger partial charge >= 0.3 is 0 Å². The molecule has 0 amide bonds. The quantitative estimate of drug-likeness (QED) is 0.850. The summed E-state index contributed by atoms with van der Waals surface area (Å²) in [6.07, 6.45) is 6.16. The van der Waals surface area contributed by atoms with E-state index in [0.29, 0.717) is 6.04 Å². The van der Waals surface area contributed by atoms with E-state index >= 15 is 0 Å². The largest absolute Gasteiger partial charge is 0.319 e. The second-order valence-corrected chi connectivity index (χ2v) is 6.39. The maximum absolute atomic E-state index is 3.38. The van der Waals surface area contributed by atoms with Crippen molar-refractivity contribution in [2.45, 2.75) is 30.2 Å². The molecule has 1 aliphatic rings. The molecule has 0 bridgehead atoms. The van der Waals surface area contributed by atoms with E-state index in [1.165, 1.54) is 36.3 Å². The SMILES string of the molecule is CNCC1CCCCN(C)C1c1ccc(SC)cc1. The van der Waals surface area contributed by atoms with E-state index in [4.69, 9.17) is 0 Å². The zero-order valence-electron chi connectivity index (χ0n) is 12.4. The molecular weight excluding hydrogens is 252 g/mol. The molecule has 1 heterocycles. The van der Waals surface area contributed by atoms with E-state index in [-0.39, 0.29) is 0 Å². The number of hydrogen-bond acceptors (Lipinski definition) is 3. The van der Waals surface area contributed by atoms with Crippen LogP contribution in [0.25, 0.3) is 0 Å². The van der Waals surface area contributed by atoms with Gasteiger partial charge in [-0.3, -0.25) is 4.90 Å². The number of benzene rings is 1. The number of thioether (sulfide) groups is 1. The van der Waals surface area contributed by atoms with Gasteiger partial charge in [0.05, 0.1) is 0 Å². The molecule has 1 aromatic rings. The summed E-state index contributed by atoms with van der Waals surface area (Å²) in [4.78, 5) is 3.90. The van der Waals surface area contributed by atoms with Gasteiger partial charge in [-0.25, -0.2) is 0 Å². The molecule has 1 fully saturated rings. The lowest BCUT2D eigenvalue weighted by Gasteiger charge is -2.33. The highest BCUT2D eigenvalue weighted by molar-refractivity contribution is 7.98. The second-order valence-electron chi connectivity index (χ2n) is 5.51. The highest BCUT2D eigenvalue weighted by atomic mass is 32.2. The summed E-state index contributed by atoms with van der Waals surface area (Å²) in [7, 11) is 4.35. The Morgan fingerprint density at radius 1 is 1.26 bits per heavy atom. The maximum atomic E-state index is 3.38. The van der Waals surface area contributed by atoms with Crippen molar-refractivity contribution in [1.29, 1.82) is 0 Å². The van der Waals surface area contributed by atoms with E-state index < -0.39 is 0 Å². The fourth-order valence-corrected chi connectivity index (χ4v) is 3.64. The standard InChI is InChI=1S/C16H26N2S/c1-17-12-14-6-4-5-11-18(2)16(14)13-7-9-15(19-3)10-8-13/h7-10,14,16-17H,4-6,11-12H2,1-3H3. The summed E-state index contributed by atoms with van der Waals surface area (Å²) in [5.74, 6) is 0.720. The lowest BCUT2D eigenvalue weighted by molar-refractivity contribution is 0.191. The first kappa shape index (κ1) is 14.9.